The van der Waals surface area contributed by atoms with Crippen molar-refractivity contribution >= 4 is 68.1 Å². The number of benzene rings is 2. The van der Waals surface area contributed by atoms with Crippen LogP contribution in [0.3, 0.4) is 0 Å². The van der Waals surface area contributed by atoms with Crippen LogP contribution < -0.4 is 30.5 Å². The number of amides is 1. The molecule has 0 radical (unpaired) electrons. The monoisotopic (exact) mass is 619 g/mol. The molecule has 0 bridgehead atoms. The zero-order valence-electron chi connectivity index (χ0n) is 24.6. The highest BCUT2D eigenvalue weighted by Gasteiger charge is 2.19. The Kier molecular flexibility index (Phi) is 11.2. The number of nitrogens with zero attached hydrogens (tertiary/aromatic N) is 4. The number of anilines is 7. The average molecular weight is 620 g/mol. The molecule has 1 heterocycles. The fraction of sp³-hybridized carbons (Fsp3) is 0.357. The number of para-hydroxylation sites is 2. The molecule has 14 heteroatoms. The topological polar surface area (TPSA) is 139 Å². The van der Waals surface area contributed by atoms with Gasteiger partial charge in [0, 0.05) is 38.3 Å². The second-order valence-electron chi connectivity index (χ2n) is 10.2. The van der Waals surface area contributed by atoms with Crippen molar-refractivity contribution in [3.8, 4) is 5.75 Å². The molecule has 0 fully saturated rings. The van der Waals surface area contributed by atoms with Crippen molar-refractivity contribution < 1.29 is 22.5 Å². The molecule has 0 aliphatic carbocycles. The smallest absolute Gasteiger partial charge is 0.283 e. The van der Waals surface area contributed by atoms with E-state index in [2.05, 4.69) is 44.6 Å². The predicted octanol–water partition coefficient (Wildman–Crippen LogP) is 4.86. The summed E-state index contributed by atoms with van der Waals surface area (Å²) in [6.07, 6.45) is 1.79. The minimum Gasteiger partial charge on any atom is -0.494 e. The number of carbonyl (C=O) groups excluding carboxylic acids is 1. The Bertz CT molecular complexity index is 1490. The van der Waals surface area contributed by atoms with Crippen LogP contribution in [0.1, 0.15) is 13.8 Å². The number of rotatable bonds is 15. The molecule has 1 aromatic heterocycles. The van der Waals surface area contributed by atoms with Crippen LogP contribution in [0, 0.1) is 0 Å². The van der Waals surface area contributed by atoms with Crippen molar-refractivity contribution in [1.82, 2.24) is 9.88 Å². The van der Waals surface area contributed by atoms with E-state index in [0.29, 0.717) is 35.0 Å². The minimum absolute atomic E-state index is 0.184. The van der Waals surface area contributed by atoms with Gasteiger partial charge in [-0.2, -0.15) is 8.42 Å². The first-order valence-corrected chi connectivity index (χ1v) is 15.1. The molecular weight excluding hydrogens is 582 g/mol. The highest BCUT2D eigenvalue weighted by atomic mass is 35.5. The first-order valence-electron chi connectivity index (χ1n) is 13.1. The molecule has 2 aromatic carbocycles. The van der Waals surface area contributed by atoms with E-state index >= 15 is 0 Å². The van der Waals surface area contributed by atoms with Crippen LogP contribution in [-0.4, -0.2) is 82.5 Å². The molecule has 0 spiro atoms. The molecule has 0 aliphatic rings. The van der Waals surface area contributed by atoms with Crippen LogP contribution in [0.15, 0.2) is 48.7 Å². The lowest BCUT2D eigenvalue weighted by molar-refractivity contribution is -0.107. The third kappa shape index (κ3) is 9.11. The fourth-order valence-corrected chi connectivity index (χ4v) is 4.80. The van der Waals surface area contributed by atoms with Gasteiger partial charge in [0.15, 0.2) is 5.88 Å². The Morgan fingerprint density at radius 2 is 1.71 bits per heavy atom. The Morgan fingerprint density at radius 3 is 2.33 bits per heavy atom. The third-order valence-electron chi connectivity index (χ3n) is 6.09. The van der Waals surface area contributed by atoms with Crippen LogP contribution >= 0.6 is 11.6 Å². The van der Waals surface area contributed by atoms with Crippen LogP contribution in [-0.2, 0) is 14.9 Å². The van der Waals surface area contributed by atoms with Crippen molar-refractivity contribution in [3.05, 3.63) is 53.7 Å². The van der Waals surface area contributed by atoms with Crippen LogP contribution in [0.4, 0.5) is 39.9 Å². The van der Waals surface area contributed by atoms with Gasteiger partial charge in [-0.15, -0.1) is 0 Å². The summed E-state index contributed by atoms with van der Waals surface area (Å²) >= 11 is 6.45. The largest absolute Gasteiger partial charge is 0.494 e. The normalized spacial score (nSPS) is 11.4. The summed E-state index contributed by atoms with van der Waals surface area (Å²) in [7, 11) is 3.25. The number of hydrogen-bond donors (Lipinski definition) is 4. The fourth-order valence-electron chi connectivity index (χ4n) is 4.10. The van der Waals surface area contributed by atoms with Crippen LogP contribution in [0.2, 0.25) is 5.02 Å². The van der Waals surface area contributed by atoms with Crippen LogP contribution in [0.5, 0.6) is 5.75 Å². The average Bonchev–Trinajstić information content (AvgIpc) is 2.92. The first-order chi connectivity index (χ1) is 19.8. The number of likely N-dealkylation sites (N-methyl/N-ethyl adjacent to an activating group) is 2. The number of carbonyl (C=O) groups is 1. The van der Waals surface area contributed by atoms with E-state index in [0.717, 1.165) is 29.4 Å². The molecular formula is C28H38ClN7O5S. The highest BCUT2D eigenvalue weighted by Crippen LogP contribution is 2.39. The summed E-state index contributed by atoms with van der Waals surface area (Å²) in [6, 6.07) is 12.3. The van der Waals surface area contributed by atoms with E-state index in [1.54, 1.807) is 37.4 Å². The number of nitrogens with one attached hydrogen (secondary N) is 3. The Hall–Kier alpha value is -3.78. The van der Waals surface area contributed by atoms with Gasteiger partial charge in [-0.3, -0.25) is 14.2 Å². The maximum absolute atomic E-state index is 11.7. The van der Waals surface area contributed by atoms with E-state index in [-0.39, 0.29) is 16.8 Å². The van der Waals surface area contributed by atoms with Gasteiger partial charge in [0.05, 0.1) is 52.5 Å². The molecule has 12 nitrogen and oxygen atoms in total. The van der Waals surface area contributed by atoms with Crippen molar-refractivity contribution in [3.63, 3.8) is 0 Å². The highest BCUT2D eigenvalue weighted by molar-refractivity contribution is 7.85. The number of ether oxygens (including phenoxy) is 1. The van der Waals surface area contributed by atoms with Gasteiger partial charge in [-0.1, -0.05) is 23.7 Å². The lowest BCUT2D eigenvalue weighted by Crippen LogP contribution is -2.29. The van der Waals surface area contributed by atoms with Gasteiger partial charge in [-0.25, -0.2) is 4.98 Å². The first kappa shape index (κ1) is 32.7. The van der Waals surface area contributed by atoms with Crippen LogP contribution in [0.25, 0.3) is 0 Å². The van der Waals surface area contributed by atoms with Crippen molar-refractivity contribution in [2.24, 2.45) is 0 Å². The van der Waals surface area contributed by atoms with Gasteiger partial charge >= 0.3 is 0 Å². The lowest BCUT2D eigenvalue weighted by Gasteiger charge is -2.27. The zero-order chi connectivity index (χ0) is 31.0. The molecule has 0 unspecified atom stereocenters. The second kappa shape index (κ2) is 14.4. The minimum atomic E-state index is -4.46. The van der Waals surface area contributed by atoms with E-state index in [1.807, 2.05) is 33.3 Å². The van der Waals surface area contributed by atoms with Crippen molar-refractivity contribution in [2.75, 3.05) is 73.0 Å². The quantitative estimate of drug-likeness (QED) is 0.137. The summed E-state index contributed by atoms with van der Waals surface area (Å²) in [5.41, 5.74) is 3.64. The maximum Gasteiger partial charge on any atom is 0.283 e. The molecule has 228 valence electrons. The SMILES string of the molecule is COc1cc(N(C)CCN(C)C)c(NC(C)C)cc1Nc1cc(Nc2ccccc2N(C=O)CS(=O)(=O)O)c(Cl)cn1. The predicted molar refractivity (Wildman–Crippen MR) is 171 cm³/mol. The van der Waals surface area contributed by atoms with Crippen molar-refractivity contribution in [2.45, 2.75) is 19.9 Å². The Balaban J connectivity index is 1.96. The molecule has 0 atom stereocenters. The summed E-state index contributed by atoms with van der Waals surface area (Å²) < 4.78 is 37.9. The molecule has 42 heavy (non-hydrogen) atoms. The number of pyridine rings is 1. The summed E-state index contributed by atoms with van der Waals surface area (Å²) in [6.45, 7) is 5.84. The number of aromatic nitrogens is 1. The molecule has 4 N–H and O–H groups in total. The summed E-state index contributed by atoms with van der Waals surface area (Å²) in [5, 5.41) is 10.2. The van der Waals surface area contributed by atoms with Gasteiger partial charge in [0.2, 0.25) is 6.41 Å². The molecule has 3 rings (SSSR count). The van der Waals surface area contributed by atoms with E-state index in [1.165, 1.54) is 6.20 Å². The van der Waals surface area contributed by atoms with Gasteiger partial charge in [0.25, 0.3) is 10.1 Å². The Labute approximate surface area is 252 Å². The zero-order valence-corrected chi connectivity index (χ0v) is 26.1. The number of halogens is 1. The molecule has 0 saturated heterocycles. The van der Waals surface area contributed by atoms with Gasteiger partial charge < -0.3 is 30.5 Å². The van der Waals surface area contributed by atoms with E-state index < -0.39 is 16.0 Å². The number of hydrogen-bond acceptors (Lipinski definition) is 10. The molecule has 3 aromatic rings. The van der Waals surface area contributed by atoms with E-state index in [9.17, 15) is 17.8 Å². The summed E-state index contributed by atoms with van der Waals surface area (Å²) in [4.78, 5) is 21.2. The second-order valence-corrected chi connectivity index (χ2v) is 12.0. The standard InChI is InChI=1S/C28H38ClN7O5S/c1-19(2)31-23-13-24(27(41-6)15-26(23)35(5)12-11-34(3)4)33-28-14-22(20(29)16-30-28)32-21-9-7-8-10-25(21)36(17-37)18-42(38,39)40/h7-10,13-17,19,31H,11-12,18H2,1-6H3,(H2,30,32,33)(H,38,39,40). The third-order valence-corrected chi connectivity index (χ3v) is 6.99. The van der Waals surface area contributed by atoms with Gasteiger partial charge in [0.1, 0.15) is 11.6 Å². The van der Waals surface area contributed by atoms with E-state index in [4.69, 9.17) is 16.3 Å². The Morgan fingerprint density at radius 1 is 1.00 bits per heavy atom. The molecule has 0 aliphatic heterocycles. The maximum atomic E-state index is 11.7. The van der Waals surface area contributed by atoms with Gasteiger partial charge in [-0.05, 0) is 46.1 Å². The van der Waals surface area contributed by atoms with Crippen molar-refractivity contribution in [1.29, 1.82) is 0 Å². The number of methoxy groups -OCH3 is 1. The summed E-state index contributed by atoms with van der Waals surface area (Å²) in [5.74, 6) is 0.158. The molecule has 0 saturated carbocycles. The lowest BCUT2D eigenvalue weighted by atomic mass is 10.1. The molecule has 1 amide bonds.